The Balaban J connectivity index is 2.03. The quantitative estimate of drug-likeness (QED) is 0.639. The van der Waals surface area contributed by atoms with Gasteiger partial charge in [-0.15, -0.1) is 0 Å². The Kier molecular flexibility index (Phi) is 7.59. The van der Waals surface area contributed by atoms with Gasteiger partial charge in [-0.25, -0.2) is 0 Å². The monoisotopic (exact) mass is 407 g/mol. The number of hydrogen-bond donors (Lipinski definition) is 1. The van der Waals surface area contributed by atoms with Gasteiger partial charge in [-0.2, -0.15) is 0 Å². The summed E-state index contributed by atoms with van der Waals surface area (Å²) in [7, 11) is 1.67. The molecule has 2 rings (SSSR count). The Bertz CT molecular complexity index is 671. The topological polar surface area (TPSA) is 39.7 Å². The predicted octanol–water partition coefficient (Wildman–Crippen LogP) is 4.93. The van der Waals surface area contributed by atoms with Crippen molar-refractivity contribution in [2.75, 3.05) is 13.7 Å². The molecule has 0 bridgehead atoms. The summed E-state index contributed by atoms with van der Waals surface area (Å²) >= 11 is 3.64. The van der Waals surface area contributed by atoms with E-state index in [2.05, 4.69) is 33.4 Å². The predicted molar refractivity (Wildman–Crippen MR) is 105 cm³/mol. The van der Waals surface area contributed by atoms with Crippen molar-refractivity contribution < 1.29 is 14.2 Å². The molecule has 0 heterocycles. The maximum atomic E-state index is 5.84. The lowest BCUT2D eigenvalue weighted by molar-refractivity contribution is 0.223. The molecule has 0 saturated heterocycles. The third-order valence-electron chi connectivity index (χ3n) is 3.58. The van der Waals surface area contributed by atoms with Crippen LogP contribution in [0, 0.1) is 0 Å². The zero-order valence-electron chi connectivity index (χ0n) is 15.3. The molecule has 25 heavy (non-hydrogen) atoms. The minimum Gasteiger partial charge on any atom is -0.497 e. The Labute approximate surface area is 158 Å². The first-order valence-electron chi connectivity index (χ1n) is 8.49. The minimum absolute atomic E-state index is 0.102. The van der Waals surface area contributed by atoms with E-state index >= 15 is 0 Å². The molecule has 0 radical (unpaired) electrons. The number of nitrogens with one attached hydrogen (secondary N) is 1. The van der Waals surface area contributed by atoms with Crippen LogP contribution in [0.4, 0.5) is 0 Å². The normalized spacial score (nSPS) is 10.8. The molecule has 0 aliphatic carbocycles. The number of benzene rings is 2. The second kappa shape index (κ2) is 9.68. The number of ether oxygens (including phenoxy) is 3. The van der Waals surface area contributed by atoms with Crippen molar-refractivity contribution in [2.45, 2.75) is 40.0 Å². The maximum absolute atomic E-state index is 5.84. The first-order valence-corrected chi connectivity index (χ1v) is 9.28. The fourth-order valence-electron chi connectivity index (χ4n) is 2.41. The van der Waals surface area contributed by atoms with E-state index in [1.54, 1.807) is 7.11 Å². The average molecular weight is 408 g/mol. The molecule has 136 valence electrons. The van der Waals surface area contributed by atoms with Crippen LogP contribution >= 0.6 is 15.9 Å². The molecule has 0 spiro atoms. The molecule has 0 atom stereocenters. The minimum atomic E-state index is 0.102. The van der Waals surface area contributed by atoms with Crippen LogP contribution in [-0.2, 0) is 13.1 Å². The molecular formula is C20H26BrNO3. The van der Waals surface area contributed by atoms with Gasteiger partial charge in [0.15, 0.2) is 11.5 Å². The fourth-order valence-corrected chi connectivity index (χ4v) is 2.87. The lowest BCUT2D eigenvalue weighted by atomic mass is 10.1. The van der Waals surface area contributed by atoms with Crippen LogP contribution in [0.2, 0.25) is 0 Å². The molecule has 1 N–H and O–H groups in total. The van der Waals surface area contributed by atoms with Crippen LogP contribution < -0.4 is 19.5 Å². The standard InChI is InChI=1S/C20H26BrNO3/c1-5-24-19-10-16(18(21)11-20(19)25-14(2)3)13-22-12-15-6-8-17(23-4)9-7-15/h6-11,14,22H,5,12-13H2,1-4H3. The van der Waals surface area contributed by atoms with E-state index in [0.29, 0.717) is 6.61 Å². The molecule has 0 fully saturated rings. The van der Waals surface area contributed by atoms with Gasteiger partial charge in [0.1, 0.15) is 5.75 Å². The summed E-state index contributed by atoms with van der Waals surface area (Å²) in [5, 5.41) is 3.46. The van der Waals surface area contributed by atoms with E-state index < -0.39 is 0 Å². The second-order valence-electron chi connectivity index (χ2n) is 5.94. The molecule has 0 unspecified atom stereocenters. The Morgan fingerprint density at radius 1 is 1.04 bits per heavy atom. The van der Waals surface area contributed by atoms with Crippen molar-refractivity contribution >= 4 is 15.9 Å². The molecule has 2 aromatic rings. The molecular weight excluding hydrogens is 382 g/mol. The van der Waals surface area contributed by atoms with Gasteiger partial charge in [-0.1, -0.05) is 28.1 Å². The summed E-state index contributed by atoms with van der Waals surface area (Å²) in [5.41, 5.74) is 2.34. The highest BCUT2D eigenvalue weighted by molar-refractivity contribution is 9.10. The molecule has 0 aromatic heterocycles. The lowest BCUT2D eigenvalue weighted by Crippen LogP contribution is -2.14. The highest BCUT2D eigenvalue weighted by Gasteiger charge is 2.12. The van der Waals surface area contributed by atoms with Crippen LogP contribution in [0.15, 0.2) is 40.9 Å². The van der Waals surface area contributed by atoms with Gasteiger partial charge >= 0.3 is 0 Å². The van der Waals surface area contributed by atoms with Gasteiger partial charge < -0.3 is 19.5 Å². The summed E-state index contributed by atoms with van der Waals surface area (Å²) in [6, 6.07) is 12.1. The summed E-state index contributed by atoms with van der Waals surface area (Å²) in [6.07, 6.45) is 0.102. The van der Waals surface area contributed by atoms with Gasteiger partial charge in [0, 0.05) is 17.6 Å². The number of methoxy groups -OCH3 is 1. The summed E-state index contributed by atoms with van der Waals surface area (Å²) < 4.78 is 17.8. The zero-order valence-corrected chi connectivity index (χ0v) is 16.9. The van der Waals surface area contributed by atoms with Crippen molar-refractivity contribution in [3.05, 3.63) is 52.0 Å². The molecule has 0 saturated carbocycles. The van der Waals surface area contributed by atoms with E-state index in [4.69, 9.17) is 14.2 Å². The van der Waals surface area contributed by atoms with E-state index in [1.807, 2.05) is 45.0 Å². The van der Waals surface area contributed by atoms with Crippen molar-refractivity contribution in [2.24, 2.45) is 0 Å². The highest BCUT2D eigenvalue weighted by Crippen LogP contribution is 2.34. The van der Waals surface area contributed by atoms with E-state index in [-0.39, 0.29) is 6.10 Å². The van der Waals surface area contributed by atoms with Crippen LogP contribution in [0.1, 0.15) is 31.9 Å². The lowest BCUT2D eigenvalue weighted by Gasteiger charge is -2.17. The van der Waals surface area contributed by atoms with Crippen LogP contribution in [-0.4, -0.2) is 19.8 Å². The van der Waals surface area contributed by atoms with E-state index in [1.165, 1.54) is 5.56 Å². The molecule has 0 aliphatic rings. The second-order valence-corrected chi connectivity index (χ2v) is 6.80. The molecule has 0 amide bonds. The number of hydrogen-bond acceptors (Lipinski definition) is 4. The average Bonchev–Trinajstić information content (AvgIpc) is 2.59. The van der Waals surface area contributed by atoms with Crippen molar-refractivity contribution in [3.63, 3.8) is 0 Å². The Hall–Kier alpha value is -1.72. The van der Waals surface area contributed by atoms with E-state index in [0.717, 1.165) is 40.4 Å². The summed E-state index contributed by atoms with van der Waals surface area (Å²) in [5.74, 6) is 2.41. The molecule has 0 aliphatic heterocycles. The highest BCUT2D eigenvalue weighted by atomic mass is 79.9. The zero-order chi connectivity index (χ0) is 18.2. The number of halogens is 1. The molecule has 4 nitrogen and oxygen atoms in total. The van der Waals surface area contributed by atoms with Gasteiger partial charge in [-0.3, -0.25) is 0 Å². The molecule has 5 heteroatoms. The first kappa shape index (κ1) is 19.6. The van der Waals surface area contributed by atoms with Gasteiger partial charge in [0.25, 0.3) is 0 Å². The Morgan fingerprint density at radius 3 is 2.36 bits per heavy atom. The smallest absolute Gasteiger partial charge is 0.162 e. The SMILES string of the molecule is CCOc1cc(CNCc2ccc(OC)cc2)c(Br)cc1OC(C)C. The van der Waals surface area contributed by atoms with Crippen molar-refractivity contribution in [1.82, 2.24) is 5.32 Å². The van der Waals surface area contributed by atoms with Crippen molar-refractivity contribution in [1.29, 1.82) is 0 Å². The van der Waals surface area contributed by atoms with Crippen molar-refractivity contribution in [3.8, 4) is 17.2 Å². The first-order chi connectivity index (χ1) is 12.0. The fraction of sp³-hybridized carbons (Fsp3) is 0.400. The van der Waals surface area contributed by atoms with E-state index in [9.17, 15) is 0 Å². The van der Waals surface area contributed by atoms with Gasteiger partial charge in [0.05, 0.1) is 19.8 Å². The number of rotatable bonds is 9. The van der Waals surface area contributed by atoms with Crippen LogP contribution in [0.3, 0.4) is 0 Å². The van der Waals surface area contributed by atoms with Crippen LogP contribution in [0.25, 0.3) is 0 Å². The maximum Gasteiger partial charge on any atom is 0.162 e. The van der Waals surface area contributed by atoms with Crippen LogP contribution in [0.5, 0.6) is 17.2 Å². The largest absolute Gasteiger partial charge is 0.497 e. The van der Waals surface area contributed by atoms with Gasteiger partial charge in [-0.05, 0) is 56.2 Å². The third-order valence-corrected chi connectivity index (χ3v) is 4.32. The summed E-state index contributed by atoms with van der Waals surface area (Å²) in [4.78, 5) is 0. The summed E-state index contributed by atoms with van der Waals surface area (Å²) in [6.45, 7) is 8.11. The Morgan fingerprint density at radius 2 is 1.76 bits per heavy atom. The third kappa shape index (κ3) is 5.94. The molecule has 2 aromatic carbocycles. The van der Waals surface area contributed by atoms with Gasteiger partial charge in [0.2, 0.25) is 0 Å².